The number of fused-ring (bicyclic) bond motifs is 1. The van der Waals surface area contributed by atoms with Gasteiger partial charge in [0, 0.05) is 30.0 Å². The van der Waals surface area contributed by atoms with Crippen molar-refractivity contribution in [1.29, 1.82) is 0 Å². The van der Waals surface area contributed by atoms with Crippen LogP contribution in [0.5, 0.6) is 0 Å². The fourth-order valence-corrected chi connectivity index (χ4v) is 5.11. The second-order valence-corrected chi connectivity index (χ2v) is 11.4. The third-order valence-electron chi connectivity index (χ3n) is 7.19. The summed E-state index contributed by atoms with van der Waals surface area (Å²) in [5.41, 5.74) is 4.54. The van der Waals surface area contributed by atoms with E-state index in [2.05, 4.69) is 27.5 Å². The first-order valence-electron chi connectivity index (χ1n) is 14.2. The molecule has 0 bridgehead atoms. The monoisotopic (exact) mass is 554 g/mol. The van der Waals surface area contributed by atoms with Gasteiger partial charge in [0.1, 0.15) is 18.1 Å². The van der Waals surface area contributed by atoms with Crippen molar-refractivity contribution >= 4 is 34.2 Å². The first kappa shape index (κ1) is 28.3. The van der Waals surface area contributed by atoms with E-state index >= 15 is 0 Å². The van der Waals surface area contributed by atoms with Gasteiger partial charge in [0.2, 0.25) is 11.8 Å². The molecule has 1 aliphatic rings. The van der Waals surface area contributed by atoms with Crippen LogP contribution in [0.1, 0.15) is 44.9 Å². The molecule has 0 aliphatic carbocycles. The molecule has 1 aromatic heterocycles. The molecule has 5 rings (SSSR count). The average Bonchev–Trinajstić information content (AvgIpc) is 3.38. The molecule has 1 fully saturated rings. The van der Waals surface area contributed by atoms with Crippen LogP contribution in [0.4, 0.5) is 11.4 Å². The highest BCUT2D eigenvalue weighted by Crippen LogP contribution is 2.31. The van der Waals surface area contributed by atoms with E-state index < -0.39 is 11.6 Å². The Balaban J connectivity index is 1.56. The number of aromatic nitrogens is 3. The molecular weight excluding hydrogens is 516 g/mol. The van der Waals surface area contributed by atoms with E-state index in [1.54, 1.807) is 9.58 Å². The number of hydrogen-bond donors (Lipinski definition) is 1. The van der Waals surface area contributed by atoms with Crippen LogP contribution in [0.3, 0.4) is 0 Å². The number of rotatable bonds is 8. The van der Waals surface area contributed by atoms with E-state index in [1.165, 1.54) is 0 Å². The minimum Gasteiger partial charge on any atom is -0.378 e. The molecule has 1 atom stereocenters. The van der Waals surface area contributed by atoms with Crippen LogP contribution in [-0.4, -0.2) is 58.7 Å². The van der Waals surface area contributed by atoms with Crippen molar-refractivity contribution in [1.82, 2.24) is 20.3 Å². The first-order valence-corrected chi connectivity index (χ1v) is 14.2. The number of nitrogens with zero attached hydrogens (tertiary/aromatic N) is 5. The van der Waals surface area contributed by atoms with Gasteiger partial charge in [-0.2, -0.15) is 0 Å². The largest absolute Gasteiger partial charge is 0.378 e. The normalized spacial score (nSPS) is 14.6. The lowest BCUT2D eigenvalue weighted by atomic mass is 9.99. The van der Waals surface area contributed by atoms with E-state index in [1.807, 2.05) is 93.6 Å². The zero-order valence-electron chi connectivity index (χ0n) is 24.2. The summed E-state index contributed by atoms with van der Waals surface area (Å²) in [5, 5.41) is 11.6. The van der Waals surface area contributed by atoms with Gasteiger partial charge in [0.05, 0.1) is 18.7 Å². The number of morpholine rings is 1. The fraction of sp³-hybridized carbons (Fsp3) is 0.375. The molecule has 41 heavy (non-hydrogen) atoms. The van der Waals surface area contributed by atoms with Crippen molar-refractivity contribution in [2.45, 2.75) is 52.2 Å². The fourth-order valence-electron chi connectivity index (χ4n) is 5.11. The molecule has 0 unspecified atom stereocenters. The van der Waals surface area contributed by atoms with Gasteiger partial charge in [-0.05, 0) is 74.7 Å². The number of nitrogens with one attached hydrogen (secondary N) is 1. The molecule has 1 aliphatic heterocycles. The maximum atomic E-state index is 14.2. The quantitative estimate of drug-likeness (QED) is 0.344. The smallest absolute Gasteiger partial charge is 0.249 e. The molecule has 9 heteroatoms. The Hall–Kier alpha value is -4.24. The van der Waals surface area contributed by atoms with Gasteiger partial charge in [-0.25, -0.2) is 4.68 Å². The highest BCUT2D eigenvalue weighted by atomic mass is 16.5. The second kappa shape index (κ2) is 12.1. The summed E-state index contributed by atoms with van der Waals surface area (Å²) in [7, 11) is 0. The summed E-state index contributed by atoms with van der Waals surface area (Å²) in [4.78, 5) is 32.1. The van der Waals surface area contributed by atoms with Gasteiger partial charge in [0.25, 0.3) is 0 Å². The highest BCUT2D eigenvalue weighted by molar-refractivity contribution is 6.01. The third-order valence-corrected chi connectivity index (χ3v) is 7.19. The summed E-state index contributed by atoms with van der Waals surface area (Å²) in [5.74, 6) is -0.524. The summed E-state index contributed by atoms with van der Waals surface area (Å²) >= 11 is 0. The zero-order chi connectivity index (χ0) is 29.0. The molecule has 2 heterocycles. The van der Waals surface area contributed by atoms with Crippen LogP contribution in [0.2, 0.25) is 0 Å². The first-order chi connectivity index (χ1) is 19.7. The number of anilines is 2. The molecular formula is C32H38N6O3. The van der Waals surface area contributed by atoms with E-state index in [9.17, 15) is 9.59 Å². The van der Waals surface area contributed by atoms with Crippen molar-refractivity contribution in [2.75, 3.05) is 36.1 Å². The van der Waals surface area contributed by atoms with Crippen LogP contribution in [0.15, 0.2) is 72.8 Å². The van der Waals surface area contributed by atoms with Crippen LogP contribution in [0.25, 0.3) is 11.0 Å². The number of hydrogen-bond acceptors (Lipinski definition) is 6. The number of amides is 2. The lowest BCUT2D eigenvalue weighted by molar-refractivity contribution is -0.128. The molecule has 3 aromatic carbocycles. The standard InChI is InChI=1S/C32H38N6O3/c1-5-23-10-14-26(15-11-23)38(29(39)22-37-28-9-7-6-8-27(28)34-35-37)30(31(40)33-32(2,3)4)24-12-16-25(17-13-24)36-18-20-41-21-19-36/h6-17,30H,5,18-22H2,1-4H3,(H,33,40)/t30-/m0/s1. The number of ether oxygens (including phenoxy) is 1. The maximum absolute atomic E-state index is 14.2. The van der Waals surface area contributed by atoms with E-state index in [0.29, 0.717) is 24.4 Å². The van der Waals surface area contributed by atoms with Gasteiger partial charge in [-0.1, -0.05) is 48.5 Å². The van der Waals surface area contributed by atoms with Gasteiger partial charge in [-0.3, -0.25) is 14.5 Å². The van der Waals surface area contributed by atoms with Crippen molar-refractivity contribution in [3.63, 3.8) is 0 Å². The summed E-state index contributed by atoms with van der Waals surface area (Å²) < 4.78 is 7.09. The molecule has 0 radical (unpaired) electrons. The van der Waals surface area contributed by atoms with Crippen LogP contribution in [0, 0.1) is 0 Å². The lowest BCUT2D eigenvalue weighted by Crippen LogP contribution is -2.50. The van der Waals surface area contributed by atoms with E-state index in [-0.39, 0.29) is 18.4 Å². The topological polar surface area (TPSA) is 92.6 Å². The SMILES string of the molecule is CCc1ccc(N(C(=O)Cn2nnc3ccccc32)[C@H](C(=O)NC(C)(C)C)c2ccc(N3CCOCC3)cc2)cc1. The Labute approximate surface area is 241 Å². The predicted octanol–water partition coefficient (Wildman–Crippen LogP) is 4.52. The molecule has 2 amide bonds. The van der Waals surface area contributed by atoms with Crippen LogP contribution < -0.4 is 15.1 Å². The van der Waals surface area contributed by atoms with E-state index in [0.717, 1.165) is 41.8 Å². The van der Waals surface area contributed by atoms with Crippen molar-refractivity contribution in [3.8, 4) is 0 Å². The van der Waals surface area contributed by atoms with Gasteiger partial charge >= 0.3 is 0 Å². The Morgan fingerprint density at radius 1 is 0.976 bits per heavy atom. The Morgan fingerprint density at radius 3 is 2.32 bits per heavy atom. The Kier molecular flexibility index (Phi) is 8.35. The van der Waals surface area contributed by atoms with Gasteiger partial charge < -0.3 is 15.0 Å². The van der Waals surface area contributed by atoms with Crippen molar-refractivity contribution < 1.29 is 14.3 Å². The second-order valence-electron chi connectivity index (χ2n) is 11.4. The molecule has 9 nitrogen and oxygen atoms in total. The highest BCUT2D eigenvalue weighted by Gasteiger charge is 2.35. The Bertz CT molecular complexity index is 1480. The minimum absolute atomic E-state index is 0.0683. The molecule has 0 saturated carbocycles. The van der Waals surface area contributed by atoms with Crippen LogP contribution in [-0.2, 0) is 27.3 Å². The molecule has 1 N–H and O–H groups in total. The number of para-hydroxylation sites is 1. The number of benzene rings is 3. The molecule has 0 spiro atoms. The van der Waals surface area contributed by atoms with Crippen molar-refractivity contribution in [3.05, 3.63) is 83.9 Å². The maximum Gasteiger partial charge on any atom is 0.249 e. The predicted molar refractivity (Wildman–Crippen MR) is 161 cm³/mol. The molecule has 214 valence electrons. The summed E-state index contributed by atoms with van der Waals surface area (Å²) in [6, 6.07) is 22.4. The molecule has 4 aromatic rings. The average molecular weight is 555 g/mol. The Morgan fingerprint density at radius 2 is 1.66 bits per heavy atom. The van der Waals surface area contributed by atoms with Gasteiger partial charge in [-0.15, -0.1) is 5.10 Å². The number of carbonyl (C=O) groups is 2. The van der Waals surface area contributed by atoms with Crippen LogP contribution >= 0.6 is 0 Å². The van der Waals surface area contributed by atoms with Crippen molar-refractivity contribution in [2.24, 2.45) is 0 Å². The van der Waals surface area contributed by atoms with E-state index in [4.69, 9.17) is 4.74 Å². The minimum atomic E-state index is -0.900. The number of carbonyl (C=O) groups excluding carboxylic acids is 2. The summed E-state index contributed by atoms with van der Waals surface area (Å²) in [6.07, 6.45) is 0.871. The summed E-state index contributed by atoms with van der Waals surface area (Å²) in [6.45, 7) is 10.8. The lowest BCUT2D eigenvalue weighted by Gasteiger charge is -2.34. The zero-order valence-corrected chi connectivity index (χ0v) is 24.2. The number of aryl methyl sites for hydroxylation is 1. The molecule has 1 saturated heterocycles. The van der Waals surface area contributed by atoms with Gasteiger partial charge in [0.15, 0.2) is 0 Å². The third kappa shape index (κ3) is 6.57.